The molecule has 0 bridgehead atoms. The summed E-state index contributed by atoms with van der Waals surface area (Å²) in [6, 6.07) is 0. The van der Waals surface area contributed by atoms with Crippen molar-refractivity contribution >= 4 is 0 Å². The Morgan fingerprint density at radius 1 is 1.46 bits per heavy atom. The van der Waals surface area contributed by atoms with Crippen LogP contribution in [0, 0.1) is 11.3 Å². The average Bonchev–Trinajstić information content (AvgIpc) is 2.07. The first-order valence-corrected chi connectivity index (χ1v) is 5.39. The Kier molecular flexibility index (Phi) is 4.20. The van der Waals surface area contributed by atoms with Gasteiger partial charge in [-0.05, 0) is 37.6 Å². The van der Waals surface area contributed by atoms with Gasteiger partial charge in [-0.15, -0.1) is 0 Å². The van der Waals surface area contributed by atoms with Gasteiger partial charge in [0.05, 0.1) is 0 Å². The molecule has 0 radical (unpaired) electrons. The van der Waals surface area contributed by atoms with Crippen molar-refractivity contribution < 1.29 is 4.74 Å². The lowest BCUT2D eigenvalue weighted by Crippen LogP contribution is -2.44. The maximum Gasteiger partial charge on any atom is 0.0465 e. The van der Waals surface area contributed by atoms with E-state index in [4.69, 9.17) is 4.74 Å². The molecule has 1 fully saturated rings. The van der Waals surface area contributed by atoms with Crippen molar-refractivity contribution in [2.75, 3.05) is 27.3 Å². The van der Waals surface area contributed by atoms with Crippen LogP contribution in [0.2, 0.25) is 0 Å². The van der Waals surface area contributed by atoms with Crippen LogP contribution in [0.1, 0.15) is 32.6 Å². The van der Waals surface area contributed by atoms with Gasteiger partial charge in [0.2, 0.25) is 0 Å². The molecule has 0 heterocycles. The van der Waals surface area contributed by atoms with Crippen molar-refractivity contribution in [3.8, 4) is 0 Å². The smallest absolute Gasteiger partial charge is 0.0465 e. The highest BCUT2D eigenvalue weighted by molar-refractivity contribution is 4.92. The zero-order valence-electron chi connectivity index (χ0n) is 9.23. The summed E-state index contributed by atoms with van der Waals surface area (Å²) >= 11 is 0. The monoisotopic (exact) mass is 185 g/mol. The van der Waals surface area contributed by atoms with Crippen molar-refractivity contribution in [3.05, 3.63) is 0 Å². The van der Waals surface area contributed by atoms with Gasteiger partial charge < -0.3 is 10.1 Å². The summed E-state index contributed by atoms with van der Waals surface area (Å²) in [7, 11) is 3.85. The molecule has 1 aliphatic carbocycles. The summed E-state index contributed by atoms with van der Waals surface area (Å²) in [6.07, 6.45) is 5.43. The Hall–Kier alpha value is -0.0800. The zero-order chi connectivity index (χ0) is 9.73. The van der Waals surface area contributed by atoms with E-state index in [1.54, 1.807) is 7.11 Å². The van der Waals surface area contributed by atoms with Gasteiger partial charge in [0.1, 0.15) is 0 Å². The average molecular weight is 185 g/mol. The largest absolute Gasteiger partial charge is 0.385 e. The molecule has 78 valence electrons. The molecule has 1 atom stereocenters. The van der Waals surface area contributed by atoms with E-state index in [1.165, 1.54) is 32.2 Å². The van der Waals surface area contributed by atoms with Crippen LogP contribution in [0.4, 0.5) is 0 Å². The molecule has 1 aliphatic rings. The highest BCUT2D eigenvalue weighted by Gasteiger charge is 2.40. The van der Waals surface area contributed by atoms with Gasteiger partial charge >= 0.3 is 0 Å². The molecule has 0 saturated heterocycles. The fraction of sp³-hybridized carbons (Fsp3) is 1.00. The number of hydrogen-bond acceptors (Lipinski definition) is 2. The van der Waals surface area contributed by atoms with Gasteiger partial charge in [0, 0.05) is 20.3 Å². The van der Waals surface area contributed by atoms with E-state index in [2.05, 4.69) is 19.3 Å². The lowest BCUT2D eigenvalue weighted by atomic mass is 9.61. The predicted molar refractivity (Wildman–Crippen MR) is 55.9 cm³/mol. The molecule has 1 rings (SSSR count). The van der Waals surface area contributed by atoms with E-state index in [0.717, 1.165) is 12.5 Å². The number of methoxy groups -OCH3 is 1. The van der Waals surface area contributed by atoms with Crippen molar-refractivity contribution in [2.24, 2.45) is 11.3 Å². The Bertz CT molecular complexity index is 143. The minimum absolute atomic E-state index is 0.591. The summed E-state index contributed by atoms with van der Waals surface area (Å²) in [5.41, 5.74) is 0.591. The van der Waals surface area contributed by atoms with Crippen molar-refractivity contribution in [3.63, 3.8) is 0 Å². The first kappa shape index (κ1) is 11.0. The number of ether oxygens (including phenoxy) is 1. The van der Waals surface area contributed by atoms with Crippen LogP contribution in [0.5, 0.6) is 0 Å². The lowest BCUT2D eigenvalue weighted by molar-refractivity contribution is 0.0391. The van der Waals surface area contributed by atoms with Crippen molar-refractivity contribution in [1.29, 1.82) is 0 Å². The highest BCUT2D eigenvalue weighted by atomic mass is 16.5. The van der Waals surface area contributed by atoms with E-state index in [-0.39, 0.29) is 0 Å². The van der Waals surface area contributed by atoms with Crippen LogP contribution in [0.3, 0.4) is 0 Å². The van der Waals surface area contributed by atoms with E-state index in [0.29, 0.717) is 5.41 Å². The minimum Gasteiger partial charge on any atom is -0.385 e. The standard InChI is InChI=1S/C11H23NO/c1-10(5-8-13-3)11(9-12-2)6-4-7-11/h10,12H,4-9H2,1-3H3. The summed E-state index contributed by atoms with van der Waals surface area (Å²) in [5, 5.41) is 3.33. The Morgan fingerprint density at radius 2 is 2.15 bits per heavy atom. The van der Waals surface area contributed by atoms with Crippen LogP contribution in [-0.2, 0) is 4.74 Å². The second kappa shape index (κ2) is 4.97. The van der Waals surface area contributed by atoms with Gasteiger partial charge in [-0.2, -0.15) is 0 Å². The highest BCUT2D eigenvalue weighted by Crippen LogP contribution is 2.47. The molecule has 2 nitrogen and oxygen atoms in total. The first-order chi connectivity index (χ1) is 6.25. The SMILES string of the molecule is CNCC1(C(C)CCOC)CCC1. The third kappa shape index (κ3) is 2.44. The summed E-state index contributed by atoms with van der Waals surface area (Å²) in [4.78, 5) is 0. The molecule has 13 heavy (non-hydrogen) atoms. The molecule has 1 unspecified atom stereocenters. The molecule has 1 N–H and O–H groups in total. The number of hydrogen-bond donors (Lipinski definition) is 1. The lowest BCUT2D eigenvalue weighted by Gasteiger charge is -2.47. The fourth-order valence-electron chi connectivity index (χ4n) is 2.43. The van der Waals surface area contributed by atoms with E-state index in [1.807, 2.05) is 0 Å². The Labute approximate surface area is 82.0 Å². The topological polar surface area (TPSA) is 21.3 Å². The Morgan fingerprint density at radius 3 is 2.54 bits per heavy atom. The first-order valence-electron chi connectivity index (χ1n) is 5.39. The van der Waals surface area contributed by atoms with E-state index in [9.17, 15) is 0 Å². The molecule has 0 amide bonds. The maximum absolute atomic E-state index is 5.13. The van der Waals surface area contributed by atoms with Gasteiger partial charge in [-0.3, -0.25) is 0 Å². The summed E-state index contributed by atoms with van der Waals surface area (Å²) < 4.78 is 5.13. The zero-order valence-corrected chi connectivity index (χ0v) is 9.23. The second-order valence-corrected chi connectivity index (χ2v) is 4.43. The molecule has 0 aliphatic heterocycles. The molecule has 0 aromatic carbocycles. The van der Waals surface area contributed by atoms with Crippen LogP contribution in [0.15, 0.2) is 0 Å². The number of nitrogens with one attached hydrogen (secondary N) is 1. The molecule has 0 aromatic heterocycles. The molecular weight excluding hydrogens is 162 g/mol. The quantitative estimate of drug-likeness (QED) is 0.684. The van der Waals surface area contributed by atoms with Crippen LogP contribution in [-0.4, -0.2) is 27.3 Å². The summed E-state index contributed by atoms with van der Waals surface area (Å²) in [5.74, 6) is 0.800. The summed E-state index contributed by atoms with van der Waals surface area (Å²) in [6.45, 7) is 4.46. The minimum atomic E-state index is 0.591. The van der Waals surface area contributed by atoms with Crippen molar-refractivity contribution in [1.82, 2.24) is 5.32 Å². The van der Waals surface area contributed by atoms with Gasteiger partial charge in [-0.1, -0.05) is 13.3 Å². The van der Waals surface area contributed by atoms with Gasteiger partial charge in [0.15, 0.2) is 0 Å². The maximum atomic E-state index is 5.13. The van der Waals surface area contributed by atoms with Gasteiger partial charge in [0.25, 0.3) is 0 Å². The van der Waals surface area contributed by atoms with Crippen LogP contribution < -0.4 is 5.32 Å². The molecule has 0 spiro atoms. The van der Waals surface area contributed by atoms with E-state index < -0.39 is 0 Å². The fourth-order valence-corrected chi connectivity index (χ4v) is 2.43. The third-order valence-corrected chi connectivity index (χ3v) is 3.68. The molecule has 2 heteroatoms. The Balaban J connectivity index is 2.35. The molecular formula is C11H23NO. The molecule has 0 aromatic rings. The third-order valence-electron chi connectivity index (χ3n) is 3.68. The second-order valence-electron chi connectivity index (χ2n) is 4.43. The molecule has 1 saturated carbocycles. The predicted octanol–water partition coefficient (Wildman–Crippen LogP) is 2.05. The van der Waals surface area contributed by atoms with Gasteiger partial charge in [-0.25, -0.2) is 0 Å². The van der Waals surface area contributed by atoms with Crippen LogP contribution in [0.25, 0.3) is 0 Å². The number of rotatable bonds is 6. The van der Waals surface area contributed by atoms with Crippen molar-refractivity contribution in [2.45, 2.75) is 32.6 Å². The normalized spacial score (nSPS) is 22.4. The van der Waals surface area contributed by atoms with Crippen LogP contribution >= 0.6 is 0 Å². The van der Waals surface area contributed by atoms with E-state index >= 15 is 0 Å².